The molecule has 0 amide bonds. The molecule has 2 unspecified atom stereocenters. The van der Waals surface area contributed by atoms with Crippen LogP contribution in [-0.4, -0.2) is 6.04 Å². The predicted molar refractivity (Wildman–Crippen MR) is 65.1 cm³/mol. The zero-order valence-corrected chi connectivity index (χ0v) is 9.96. The molecule has 2 atom stereocenters. The van der Waals surface area contributed by atoms with Crippen LogP contribution >= 0.6 is 0 Å². The van der Waals surface area contributed by atoms with Gasteiger partial charge in [-0.2, -0.15) is 0 Å². The molecule has 0 radical (unpaired) electrons. The lowest BCUT2D eigenvalue weighted by molar-refractivity contribution is 0.379. The number of aryl methyl sites for hydroxylation is 1. The summed E-state index contributed by atoms with van der Waals surface area (Å²) in [5, 5.41) is 0. The maximum absolute atomic E-state index is 6.24. The third-order valence-corrected chi connectivity index (χ3v) is 3.71. The number of hydrogen-bond donors (Lipinski definition) is 1. The second-order valence-electron chi connectivity index (χ2n) is 5.12. The van der Waals surface area contributed by atoms with E-state index in [-0.39, 0.29) is 0 Å². The van der Waals surface area contributed by atoms with Crippen molar-refractivity contribution < 1.29 is 0 Å². The van der Waals surface area contributed by atoms with Gasteiger partial charge in [0.1, 0.15) is 0 Å². The summed E-state index contributed by atoms with van der Waals surface area (Å²) in [6.45, 7) is 6.77. The Bertz CT molecular complexity index is 354. The van der Waals surface area contributed by atoms with Gasteiger partial charge in [-0.25, -0.2) is 0 Å². The summed E-state index contributed by atoms with van der Waals surface area (Å²) < 4.78 is 0. The molecule has 0 aliphatic heterocycles. The topological polar surface area (TPSA) is 26.0 Å². The highest BCUT2D eigenvalue weighted by Gasteiger charge is 2.29. The quantitative estimate of drug-likeness (QED) is 0.746. The Morgan fingerprint density at radius 3 is 2.73 bits per heavy atom. The first-order chi connectivity index (χ1) is 7.11. The SMILES string of the molecule is Cc1cccc2c1CCC(N)C2C(C)C. The number of benzene rings is 1. The maximum Gasteiger partial charge on any atom is 0.0114 e. The Hall–Kier alpha value is -0.820. The van der Waals surface area contributed by atoms with Gasteiger partial charge < -0.3 is 5.73 Å². The number of rotatable bonds is 1. The van der Waals surface area contributed by atoms with Gasteiger partial charge in [0.2, 0.25) is 0 Å². The predicted octanol–water partition coefficient (Wildman–Crippen LogP) is 3.01. The minimum absolute atomic E-state index is 0.347. The highest BCUT2D eigenvalue weighted by Crippen LogP contribution is 2.37. The highest BCUT2D eigenvalue weighted by atomic mass is 14.7. The minimum atomic E-state index is 0.347. The van der Waals surface area contributed by atoms with E-state index < -0.39 is 0 Å². The van der Waals surface area contributed by atoms with E-state index >= 15 is 0 Å². The molecular formula is C14H21N. The molecule has 1 aliphatic rings. The lowest BCUT2D eigenvalue weighted by Gasteiger charge is -2.34. The van der Waals surface area contributed by atoms with Gasteiger partial charge in [-0.15, -0.1) is 0 Å². The summed E-state index contributed by atoms with van der Waals surface area (Å²) in [6, 6.07) is 7.00. The van der Waals surface area contributed by atoms with Crippen molar-refractivity contribution >= 4 is 0 Å². The van der Waals surface area contributed by atoms with E-state index in [1.165, 1.54) is 11.1 Å². The Morgan fingerprint density at radius 1 is 1.33 bits per heavy atom. The van der Waals surface area contributed by atoms with Crippen molar-refractivity contribution in [3.05, 3.63) is 34.9 Å². The van der Waals surface area contributed by atoms with Crippen LogP contribution in [0.25, 0.3) is 0 Å². The zero-order valence-electron chi connectivity index (χ0n) is 9.96. The van der Waals surface area contributed by atoms with E-state index in [2.05, 4.69) is 39.0 Å². The Morgan fingerprint density at radius 2 is 2.07 bits per heavy atom. The van der Waals surface area contributed by atoms with E-state index in [0.29, 0.717) is 17.9 Å². The molecule has 1 aromatic carbocycles. The van der Waals surface area contributed by atoms with Crippen LogP contribution < -0.4 is 5.73 Å². The molecule has 0 saturated heterocycles. The molecule has 0 bridgehead atoms. The van der Waals surface area contributed by atoms with Crippen molar-refractivity contribution in [2.24, 2.45) is 11.7 Å². The van der Waals surface area contributed by atoms with Gasteiger partial charge in [-0.05, 0) is 42.4 Å². The molecule has 1 aliphatic carbocycles. The standard InChI is InChI=1S/C14H21N/c1-9(2)14-12-6-4-5-10(3)11(12)7-8-13(14)15/h4-6,9,13-14H,7-8,15H2,1-3H3. The lowest BCUT2D eigenvalue weighted by atomic mass is 9.73. The smallest absolute Gasteiger partial charge is 0.0114 e. The van der Waals surface area contributed by atoms with E-state index in [4.69, 9.17) is 5.73 Å². The molecule has 1 aromatic rings. The number of nitrogens with two attached hydrogens (primary N) is 1. The second kappa shape index (κ2) is 3.97. The molecule has 0 fully saturated rings. The molecule has 1 heteroatoms. The first-order valence-electron chi connectivity index (χ1n) is 5.95. The summed E-state index contributed by atoms with van der Waals surface area (Å²) in [6.07, 6.45) is 2.30. The van der Waals surface area contributed by atoms with Crippen LogP contribution in [0.2, 0.25) is 0 Å². The molecular weight excluding hydrogens is 182 g/mol. The monoisotopic (exact) mass is 203 g/mol. The molecule has 0 heterocycles. The van der Waals surface area contributed by atoms with Crippen molar-refractivity contribution in [3.8, 4) is 0 Å². The van der Waals surface area contributed by atoms with Crippen LogP contribution in [-0.2, 0) is 6.42 Å². The first kappa shape index (κ1) is 10.7. The van der Waals surface area contributed by atoms with Gasteiger partial charge in [-0.1, -0.05) is 32.0 Å². The Balaban J connectivity index is 2.48. The van der Waals surface area contributed by atoms with E-state index in [9.17, 15) is 0 Å². The van der Waals surface area contributed by atoms with Gasteiger partial charge >= 0.3 is 0 Å². The fourth-order valence-corrected chi connectivity index (χ4v) is 2.95. The van der Waals surface area contributed by atoms with E-state index in [0.717, 1.165) is 12.8 Å². The van der Waals surface area contributed by atoms with Crippen LogP contribution in [0.4, 0.5) is 0 Å². The first-order valence-corrected chi connectivity index (χ1v) is 5.95. The highest BCUT2D eigenvalue weighted by molar-refractivity contribution is 5.40. The summed E-state index contributed by atoms with van der Waals surface area (Å²) in [5.41, 5.74) is 10.7. The summed E-state index contributed by atoms with van der Waals surface area (Å²) in [7, 11) is 0. The van der Waals surface area contributed by atoms with Crippen LogP contribution in [0, 0.1) is 12.8 Å². The van der Waals surface area contributed by atoms with Crippen molar-refractivity contribution in [3.63, 3.8) is 0 Å². The van der Waals surface area contributed by atoms with Crippen LogP contribution in [0.15, 0.2) is 18.2 Å². The van der Waals surface area contributed by atoms with Crippen molar-refractivity contribution in [1.82, 2.24) is 0 Å². The van der Waals surface area contributed by atoms with Crippen molar-refractivity contribution in [2.75, 3.05) is 0 Å². The fraction of sp³-hybridized carbons (Fsp3) is 0.571. The average Bonchev–Trinajstić information content (AvgIpc) is 2.17. The van der Waals surface area contributed by atoms with E-state index in [1.807, 2.05) is 0 Å². The molecule has 2 rings (SSSR count). The maximum atomic E-state index is 6.24. The normalized spacial score (nSPS) is 25.4. The zero-order chi connectivity index (χ0) is 11.0. The van der Waals surface area contributed by atoms with Gasteiger partial charge in [0.25, 0.3) is 0 Å². The van der Waals surface area contributed by atoms with Gasteiger partial charge in [0.15, 0.2) is 0 Å². The van der Waals surface area contributed by atoms with Crippen LogP contribution in [0.1, 0.15) is 42.9 Å². The lowest BCUT2D eigenvalue weighted by Crippen LogP contribution is -2.36. The minimum Gasteiger partial charge on any atom is -0.327 e. The van der Waals surface area contributed by atoms with Crippen LogP contribution in [0.5, 0.6) is 0 Å². The summed E-state index contributed by atoms with van der Waals surface area (Å²) in [5.74, 6) is 1.19. The van der Waals surface area contributed by atoms with Gasteiger partial charge in [0, 0.05) is 12.0 Å². The van der Waals surface area contributed by atoms with Crippen molar-refractivity contribution in [1.29, 1.82) is 0 Å². The molecule has 15 heavy (non-hydrogen) atoms. The second-order valence-corrected chi connectivity index (χ2v) is 5.12. The third kappa shape index (κ3) is 1.81. The summed E-state index contributed by atoms with van der Waals surface area (Å²) in [4.78, 5) is 0. The van der Waals surface area contributed by atoms with E-state index in [1.54, 1.807) is 5.56 Å². The Labute approximate surface area is 92.7 Å². The Kier molecular flexibility index (Phi) is 2.83. The molecule has 82 valence electrons. The largest absolute Gasteiger partial charge is 0.327 e. The molecule has 2 N–H and O–H groups in total. The summed E-state index contributed by atoms with van der Waals surface area (Å²) >= 11 is 0. The number of hydrogen-bond acceptors (Lipinski definition) is 1. The average molecular weight is 203 g/mol. The third-order valence-electron chi connectivity index (χ3n) is 3.71. The van der Waals surface area contributed by atoms with Crippen molar-refractivity contribution in [2.45, 2.75) is 45.6 Å². The molecule has 0 spiro atoms. The number of fused-ring (bicyclic) bond motifs is 1. The molecule has 1 nitrogen and oxygen atoms in total. The molecule has 0 saturated carbocycles. The van der Waals surface area contributed by atoms with Gasteiger partial charge in [0.05, 0.1) is 0 Å². The fourth-order valence-electron chi connectivity index (χ4n) is 2.95. The molecule has 0 aromatic heterocycles. The van der Waals surface area contributed by atoms with Crippen LogP contribution in [0.3, 0.4) is 0 Å². The van der Waals surface area contributed by atoms with Gasteiger partial charge in [-0.3, -0.25) is 0 Å².